The van der Waals surface area contributed by atoms with Crippen LogP contribution in [0.2, 0.25) is 0 Å². The van der Waals surface area contributed by atoms with Crippen LogP contribution in [0.1, 0.15) is 24.5 Å². The maximum Gasteiger partial charge on any atom is 0.132 e. The zero-order chi connectivity index (χ0) is 12.3. The Bertz CT molecular complexity index is 375. The van der Waals surface area contributed by atoms with E-state index in [0.717, 1.165) is 19.4 Å². The standard InChI is InChI=1S/C13H17FO3/c1-16-11-6-2-5-10(14)12(11)13(15)9-4-3-7-17-8-9/h2,5-6,9,13,15H,3-4,7-8H2,1H3. The molecule has 4 heteroatoms. The van der Waals surface area contributed by atoms with Crippen molar-refractivity contribution in [3.05, 3.63) is 29.6 Å². The molecule has 0 aromatic heterocycles. The third-order valence-corrected chi connectivity index (χ3v) is 3.17. The molecular weight excluding hydrogens is 223 g/mol. The molecule has 1 aromatic carbocycles. The molecule has 0 amide bonds. The first-order valence-electron chi connectivity index (χ1n) is 5.82. The first kappa shape index (κ1) is 12.3. The molecule has 0 aliphatic carbocycles. The van der Waals surface area contributed by atoms with Crippen LogP contribution in [0.5, 0.6) is 5.75 Å². The molecule has 17 heavy (non-hydrogen) atoms. The van der Waals surface area contributed by atoms with Crippen molar-refractivity contribution in [1.82, 2.24) is 0 Å². The molecule has 0 spiro atoms. The maximum atomic E-state index is 13.8. The topological polar surface area (TPSA) is 38.7 Å². The van der Waals surface area contributed by atoms with E-state index in [2.05, 4.69) is 0 Å². The lowest BCUT2D eigenvalue weighted by Gasteiger charge is -2.27. The van der Waals surface area contributed by atoms with Crippen LogP contribution in [0.3, 0.4) is 0 Å². The van der Waals surface area contributed by atoms with Crippen molar-refractivity contribution in [2.24, 2.45) is 5.92 Å². The molecule has 1 fully saturated rings. The van der Waals surface area contributed by atoms with Gasteiger partial charge in [0.2, 0.25) is 0 Å². The SMILES string of the molecule is COc1cccc(F)c1C(O)C1CCCOC1. The van der Waals surface area contributed by atoms with E-state index in [4.69, 9.17) is 9.47 Å². The van der Waals surface area contributed by atoms with Crippen LogP contribution < -0.4 is 4.74 Å². The van der Waals surface area contributed by atoms with E-state index in [1.807, 2.05) is 0 Å². The summed E-state index contributed by atoms with van der Waals surface area (Å²) >= 11 is 0. The van der Waals surface area contributed by atoms with Crippen molar-refractivity contribution in [2.75, 3.05) is 20.3 Å². The second-order valence-electron chi connectivity index (χ2n) is 4.28. The quantitative estimate of drug-likeness (QED) is 0.881. The molecule has 1 aromatic rings. The fourth-order valence-electron chi connectivity index (χ4n) is 2.23. The van der Waals surface area contributed by atoms with Gasteiger partial charge in [-0.2, -0.15) is 0 Å². The second-order valence-corrected chi connectivity index (χ2v) is 4.28. The van der Waals surface area contributed by atoms with E-state index in [1.165, 1.54) is 13.2 Å². The lowest BCUT2D eigenvalue weighted by atomic mass is 9.90. The number of rotatable bonds is 3. The number of halogens is 1. The predicted octanol–water partition coefficient (Wildman–Crippen LogP) is 2.29. The van der Waals surface area contributed by atoms with E-state index in [0.29, 0.717) is 12.4 Å². The fraction of sp³-hybridized carbons (Fsp3) is 0.538. The molecule has 1 saturated heterocycles. The summed E-state index contributed by atoms with van der Waals surface area (Å²) in [4.78, 5) is 0. The molecule has 1 heterocycles. The van der Waals surface area contributed by atoms with Crippen LogP contribution in [0.4, 0.5) is 4.39 Å². The van der Waals surface area contributed by atoms with Gasteiger partial charge in [0.25, 0.3) is 0 Å². The van der Waals surface area contributed by atoms with Gasteiger partial charge in [0.1, 0.15) is 11.6 Å². The van der Waals surface area contributed by atoms with Gasteiger partial charge in [-0.3, -0.25) is 0 Å². The normalized spacial score (nSPS) is 22.2. The van der Waals surface area contributed by atoms with Crippen LogP contribution in [0, 0.1) is 11.7 Å². The van der Waals surface area contributed by atoms with Crippen molar-refractivity contribution >= 4 is 0 Å². The molecule has 2 rings (SSSR count). The van der Waals surface area contributed by atoms with Crippen LogP contribution >= 0.6 is 0 Å². The summed E-state index contributed by atoms with van der Waals surface area (Å²) in [6.45, 7) is 1.19. The van der Waals surface area contributed by atoms with Gasteiger partial charge in [-0.15, -0.1) is 0 Å². The smallest absolute Gasteiger partial charge is 0.132 e. The average molecular weight is 240 g/mol. The summed E-state index contributed by atoms with van der Waals surface area (Å²) in [6, 6.07) is 4.57. The summed E-state index contributed by atoms with van der Waals surface area (Å²) in [6.07, 6.45) is 0.878. The van der Waals surface area contributed by atoms with Crippen LogP contribution in [0.15, 0.2) is 18.2 Å². The van der Waals surface area contributed by atoms with Crippen molar-refractivity contribution in [3.63, 3.8) is 0 Å². The van der Waals surface area contributed by atoms with Gasteiger partial charge < -0.3 is 14.6 Å². The Morgan fingerprint density at radius 3 is 3.00 bits per heavy atom. The summed E-state index contributed by atoms with van der Waals surface area (Å²) in [5.74, 6) is -0.0972. The highest BCUT2D eigenvalue weighted by molar-refractivity contribution is 5.36. The van der Waals surface area contributed by atoms with E-state index in [9.17, 15) is 9.50 Å². The number of aliphatic hydroxyl groups excluding tert-OH is 1. The van der Waals surface area contributed by atoms with Gasteiger partial charge in [-0.25, -0.2) is 4.39 Å². The lowest BCUT2D eigenvalue weighted by molar-refractivity contribution is -0.0120. The Morgan fingerprint density at radius 1 is 1.53 bits per heavy atom. The first-order valence-corrected chi connectivity index (χ1v) is 5.82. The van der Waals surface area contributed by atoms with Gasteiger partial charge in [0, 0.05) is 12.5 Å². The molecular formula is C13H17FO3. The van der Waals surface area contributed by atoms with Gasteiger partial charge in [-0.1, -0.05) is 6.07 Å². The van der Waals surface area contributed by atoms with E-state index < -0.39 is 11.9 Å². The highest BCUT2D eigenvalue weighted by Crippen LogP contribution is 2.35. The Balaban J connectivity index is 2.25. The zero-order valence-corrected chi connectivity index (χ0v) is 9.86. The molecule has 2 atom stereocenters. The number of benzene rings is 1. The molecule has 0 bridgehead atoms. The van der Waals surface area contributed by atoms with Crippen molar-refractivity contribution in [1.29, 1.82) is 0 Å². The van der Waals surface area contributed by atoms with Crippen LogP contribution in [0.25, 0.3) is 0 Å². The second kappa shape index (κ2) is 5.47. The summed E-state index contributed by atoms with van der Waals surface area (Å²) < 4.78 is 24.2. The number of aliphatic hydroxyl groups is 1. The fourth-order valence-corrected chi connectivity index (χ4v) is 2.23. The van der Waals surface area contributed by atoms with E-state index >= 15 is 0 Å². The largest absolute Gasteiger partial charge is 0.496 e. The van der Waals surface area contributed by atoms with Crippen LogP contribution in [-0.4, -0.2) is 25.4 Å². The average Bonchev–Trinajstić information content (AvgIpc) is 2.38. The molecule has 0 radical (unpaired) electrons. The summed E-state index contributed by atoms with van der Waals surface area (Å²) in [5, 5.41) is 10.2. The summed E-state index contributed by atoms with van der Waals surface area (Å²) in [7, 11) is 1.47. The number of methoxy groups -OCH3 is 1. The molecule has 1 N–H and O–H groups in total. The Kier molecular flexibility index (Phi) is 3.97. The molecule has 2 unspecified atom stereocenters. The van der Waals surface area contributed by atoms with Gasteiger partial charge in [-0.05, 0) is 25.0 Å². The highest BCUT2D eigenvalue weighted by atomic mass is 19.1. The van der Waals surface area contributed by atoms with Crippen LogP contribution in [-0.2, 0) is 4.74 Å². The predicted molar refractivity (Wildman–Crippen MR) is 61.5 cm³/mol. The molecule has 0 saturated carbocycles. The Morgan fingerprint density at radius 2 is 2.35 bits per heavy atom. The molecule has 94 valence electrons. The molecule has 1 aliphatic rings. The monoisotopic (exact) mass is 240 g/mol. The van der Waals surface area contributed by atoms with Gasteiger partial charge in [0.15, 0.2) is 0 Å². The number of ether oxygens (including phenoxy) is 2. The Labute approximate surface area is 100 Å². The lowest BCUT2D eigenvalue weighted by Crippen LogP contribution is -2.24. The van der Waals surface area contributed by atoms with Gasteiger partial charge in [0.05, 0.1) is 25.4 Å². The molecule has 1 aliphatic heterocycles. The highest BCUT2D eigenvalue weighted by Gasteiger charge is 2.28. The number of hydrogen-bond acceptors (Lipinski definition) is 3. The van der Waals surface area contributed by atoms with E-state index in [1.54, 1.807) is 12.1 Å². The number of hydrogen-bond donors (Lipinski definition) is 1. The van der Waals surface area contributed by atoms with Crippen molar-refractivity contribution in [3.8, 4) is 5.75 Å². The first-order chi connectivity index (χ1) is 8.24. The van der Waals surface area contributed by atoms with Crippen molar-refractivity contribution in [2.45, 2.75) is 18.9 Å². The third kappa shape index (κ3) is 2.58. The summed E-state index contributed by atoms with van der Waals surface area (Å²) in [5.41, 5.74) is 0.241. The van der Waals surface area contributed by atoms with Gasteiger partial charge >= 0.3 is 0 Å². The Hall–Kier alpha value is -1.13. The third-order valence-electron chi connectivity index (χ3n) is 3.17. The molecule has 3 nitrogen and oxygen atoms in total. The minimum absolute atomic E-state index is 0.0606. The zero-order valence-electron chi connectivity index (χ0n) is 9.86. The van der Waals surface area contributed by atoms with Crippen molar-refractivity contribution < 1.29 is 19.0 Å². The maximum absolute atomic E-state index is 13.8. The minimum Gasteiger partial charge on any atom is -0.496 e. The minimum atomic E-state index is -0.869. The van der Waals surface area contributed by atoms with E-state index in [-0.39, 0.29) is 11.5 Å².